The number of anilines is 1. The lowest BCUT2D eigenvalue weighted by Gasteiger charge is -2.11. The van der Waals surface area contributed by atoms with Crippen LogP contribution in [0.3, 0.4) is 0 Å². The van der Waals surface area contributed by atoms with Gasteiger partial charge in [0.15, 0.2) is 11.5 Å². The normalized spacial score (nSPS) is 14.0. The number of hydrogen-bond acceptors (Lipinski definition) is 4. The van der Waals surface area contributed by atoms with E-state index in [4.69, 9.17) is 11.6 Å². The lowest BCUT2D eigenvalue weighted by Crippen LogP contribution is -2.20. The number of aromatic nitrogens is 5. The highest BCUT2D eigenvalue weighted by Gasteiger charge is 2.37. The number of amides is 1. The predicted octanol–water partition coefficient (Wildman–Crippen LogP) is 5.17. The van der Waals surface area contributed by atoms with Crippen LogP contribution in [0.4, 0.5) is 19.0 Å². The standard InChI is InChI=1S/C23H20ClF3N6O/c1-13-21-17(23(25,26)27)10-18(15-4-5-15)28-22(21)33(30-13)12-20(34)29-19-8-9-32(31-19)11-14-2-6-16(24)7-3-14/h2-3,6-10,15H,4-5,11-12H2,1H3,(H,29,31,34). The molecule has 0 unspecified atom stereocenters. The van der Waals surface area contributed by atoms with E-state index in [0.29, 0.717) is 23.1 Å². The Hall–Kier alpha value is -3.40. The molecule has 1 aromatic carbocycles. The van der Waals surface area contributed by atoms with Gasteiger partial charge in [0.2, 0.25) is 5.91 Å². The van der Waals surface area contributed by atoms with Crippen LogP contribution in [0, 0.1) is 6.92 Å². The Balaban J connectivity index is 1.35. The topological polar surface area (TPSA) is 77.6 Å². The molecular formula is C23H20ClF3N6O. The fourth-order valence-corrected chi connectivity index (χ4v) is 4.03. The summed E-state index contributed by atoms with van der Waals surface area (Å²) in [6.07, 6.45) is -1.20. The van der Waals surface area contributed by atoms with Gasteiger partial charge in [0, 0.05) is 28.9 Å². The molecule has 7 nitrogen and oxygen atoms in total. The summed E-state index contributed by atoms with van der Waals surface area (Å²) in [7, 11) is 0. The van der Waals surface area contributed by atoms with E-state index >= 15 is 0 Å². The van der Waals surface area contributed by atoms with E-state index in [-0.39, 0.29) is 29.2 Å². The highest BCUT2D eigenvalue weighted by molar-refractivity contribution is 6.30. The molecule has 0 aliphatic heterocycles. The van der Waals surface area contributed by atoms with Gasteiger partial charge >= 0.3 is 6.18 Å². The SMILES string of the molecule is Cc1nn(CC(=O)Nc2ccn(Cc3ccc(Cl)cc3)n2)c2nc(C3CC3)cc(C(F)(F)F)c12. The van der Waals surface area contributed by atoms with E-state index in [1.165, 1.54) is 11.6 Å². The third-order valence-electron chi connectivity index (χ3n) is 5.66. The highest BCUT2D eigenvalue weighted by Crippen LogP contribution is 2.43. The van der Waals surface area contributed by atoms with Gasteiger partial charge in [0.25, 0.3) is 0 Å². The van der Waals surface area contributed by atoms with Crippen molar-refractivity contribution in [1.29, 1.82) is 0 Å². The van der Waals surface area contributed by atoms with Crippen molar-refractivity contribution >= 4 is 34.4 Å². The second-order valence-corrected chi connectivity index (χ2v) is 8.82. The number of hydrogen-bond donors (Lipinski definition) is 1. The fraction of sp³-hybridized carbons (Fsp3) is 0.304. The van der Waals surface area contributed by atoms with Crippen molar-refractivity contribution in [2.45, 2.75) is 44.9 Å². The number of rotatable bonds is 6. The predicted molar refractivity (Wildman–Crippen MR) is 121 cm³/mol. The first kappa shape index (κ1) is 22.4. The first-order valence-corrected chi connectivity index (χ1v) is 11.1. The Morgan fingerprint density at radius 2 is 1.91 bits per heavy atom. The largest absolute Gasteiger partial charge is 0.417 e. The van der Waals surface area contributed by atoms with E-state index in [1.807, 2.05) is 12.1 Å². The number of halogens is 4. The zero-order valence-electron chi connectivity index (χ0n) is 18.1. The molecule has 0 bridgehead atoms. The average molecular weight is 489 g/mol. The number of nitrogens with zero attached hydrogens (tertiary/aromatic N) is 5. The van der Waals surface area contributed by atoms with Crippen LogP contribution >= 0.6 is 11.6 Å². The Labute approximate surface area is 197 Å². The van der Waals surface area contributed by atoms with Gasteiger partial charge < -0.3 is 5.32 Å². The van der Waals surface area contributed by atoms with E-state index in [0.717, 1.165) is 24.5 Å². The first-order valence-electron chi connectivity index (χ1n) is 10.7. The van der Waals surface area contributed by atoms with Crippen LogP contribution in [0.2, 0.25) is 5.02 Å². The Morgan fingerprint density at radius 1 is 1.18 bits per heavy atom. The summed E-state index contributed by atoms with van der Waals surface area (Å²) >= 11 is 5.90. The molecule has 5 rings (SSSR count). The van der Waals surface area contributed by atoms with E-state index < -0.39 is 17.6 Å². The minimum absolute atomic E-state index is 0.0209. The van der Waals surface area contributed by atoms with E-state index in [9.17, 15) is 18.0 Å². The summed E-state index contributed by atoms with van der Waals surface area (Å²) in [6, 6.07) is 10.1. The number of carbonyl (C=O) groups excluding carboxylic acids is 1. The summed E-state index contributed by atoms with van der Waals surface area (Å²) < 4.78 is 44.1. The maximum atomic E-state index is 13.7. The Bertz CT molecular complexity index is 1370. The van der Waals surface area contributed by atoms with Gasteiger partial charge in [-0.05, 0) is 43.5 Å². The molecule has 0 saturated heterocycles. The maximum Gasteiger partial charge on any atom is 0.417 e. The quantitative estimate of drug-likeness (QED) is 0.406. The molecule has 11 heteroatoms. The molecule has 1 fully saturated rings. The van der Waals surface area contributed by atoms with Gasteiger partial charge in [0.1, 0.15) is 6.54 Å². The lowest BCUT2D eigenvalue weighted by molar-refractivity contribution is -0.136. The molecule has 1 amide bonds. The van der Waals surface area contributed by atoms with Crippen molar-refractivity contribution < 1.29 is 18.0 Å². The van der Waals surface area contributed by atoms with Gasteiger partial charge in [-0.1, -0.05) is 23.7 Å². The van der Waals surface area contributed by atoms with Crippen LogP contribution in [0.5, 0.6) is 0 Å². The van der Waals surface area contributed by atoms with Crippen LogP contribution < -0.4 is 5.32 Å². The zero-order chi connectivity index (χ0) is 24.0. The van der Waals surface area contributed by atoms with Crippen LogP contribution in [0.1, 0.15) is 41.3 Å². The minimum atomic E-state index is -4.54. The molecule has 1 aliphatic rings. The molecule has 3 aromatic heterocycles. The molecule has 0 radical (unpaired) electrons. The third-order valence-corrected chi connectivity index (χ3v) is 5.91. The number of benzene rings is 1. The van der Waals surface area contributed by atoms with Crippen molar-refractivity contribution in [2.24, 2.45) is 0 Å². The Morgan fingerprint density at radius 3 is 2.59 bits per heavy atom. The maximum absolute atomic E-state index is 13.7. The number of carbonyl (C=O) groups is 1. The summed E-state index contributed by atoms with van der Waals surface area (Å²) in [6.45, 7) is 1.69. The first-order chi connectivity index (χ1) is 16.2. The van der Waals surface area contributed by atoms with Crippen molar-refractivity contribution in [1.82, 2.24) is 24.5 Å². The molecular weight excluding hydrogens is 469 g/mol. The number of pyridine rings is 1. The van der Waals surface area contributed by atoms with Crippen LogP contribution in [-0.4, -0.2) is 30.5 Å². The smallest absolute Gasteiger partial charge is 0.308 e. The summed E-state index contributed by atoms with van der Waals surface area (Å²) in [5.74, 6) is -0.115. The highest BCUT2D eigenvalue weighted by atomic mass is 35.5. The molecule has 4 aromatic rings. The van der Waals surface area contributed by atoms with E-state index in [2.05, 4.69) is 20.5 Å². The summed E-state index contributed by atoms with van der Waals surface area (Å²) in [5.41, 5.74) is 0.864. The number of nitrogens with one attached hydrogen (secondary N) is 1. The van der Waals surface area contributed by atoms with Gasteiger partial charge in [-0.15, -0.1) is 0 Å². The minimum Gasteiger partial charge on any atom is -0.308 e. The molecule has 1 N–H and O–H groups in total. The van der Waals surface area contributed by atoms with Gasteiger partial charge in [-0.3, -0.25) is 9.48 Å². The second-order valence-electron chi connectivity index (χ2n) is 8.38. The molecule has 0 spiro atoms. The molecule has 0 atom stereocenters. The monoisotopic (exact) mass is 488 g/mol. The second kappa shape index (κ2) is 8.43. The van der Waals surface area contributed by atoms with Crippen LogP contribution in [0.15, 0.2) is 42.6 Å². The zero-order valence-corrected chi connectivity index (χ0v) is 18.9. The van der Waals surface area contributed by atoms with Gasteiger partial charge in [-0.25, -0.2) is 9.67 Å². The summed E-state index contributed by atoms with van der Waals surface area (Å²) in [5, 5.41) is 11.8. The summed E-state index contributed by atoms with van der Waals surface area (Å²) in [4.78, 5) is 17.1. The van der Waals surface area contributed by atoms with Crippen LogP contribution in [0.25, 0.3) is 11.0 Å². The fourth-order valence-electron chi connectivity index (χ4n) is 3.91. The average Bonchev–Trinajstić information content (AvgIpc) is 3.47. The van der Waals surface area contributed by atoms with Crippen molar-refractivity contribution in [2.75, 3.05) is 5.32 Å². The van der Waals surface area contributed by atoms with Gasteiger partial charge in [0.05, 0.1) is 23.2 Å². The molecule has 176 valence electrons. The number of fused-ring (bicyclic) bond motifs is 1. The molecule has 1 saturated carbocycles. The van der Waals surface area contributed by atoms with Crippen molar-refractivity contribution in [3.8, 4) is 0 Å². The Kier molecular flexibility index (Phi) is 5.55. The third kappa shape index (κ3) is 4.63. The van der Waals surface area contributed by atoms with Crippen molar-refractivity contribution in [3.63, 3.8) is 0 Å². The number of aryl methyl sites for hydroxylation is 1. The van der Waals surface area contributed by atoms with Crippen LogP contribution in [-0.2, 0) is 24.1 Å². The van der Waals surface area contributed by atoms with E-state index in [1.54, 1.807) is 29.1 Å². The molecule has 1 aliphatic carbocycles. The molecule has 3 heterocycles. The lowest BCUT2D eigenvalue weighted by atomic mass is 10.1. The molecule has 34 heavy (non-hydrogen) atoms. The van der Waals surface area contributed by atoms with Gasteiger partial charge in [-0.2, -0.15) is 23.4 Å². The van der Waals surface area contributed by atoms with Crippen molar-refractivity contribution in [3.05, 3.63) is 70.1 Å². The number of alkyl halides is 3.